The topological polar surface area (TPSA) is 153 Å². The van der Waals surface area contributed by atoms with Crippen molar-refractivity contribution in [2.45, 2.75) is 70.2 Å². The minimum Gasteiger partial charge on any atom is -0.461 e. The van der Waals surface area contributed by atoms with E-state index < -0.39 is 29.4 Å². The molecule has 3 saturated heterocycles. The molecule has 17 heteroatoms. The number of halogens is 4. The van der Waals surface area contributed by atoms with E-state index in [1.54, 1.807) is 17.9 Å². The molecule has 0 radical (unpaired) electrons. The number of aromatic nitrogens is 4. The van der Waals surface area contributed by atoms with E-state index in [9.17, 15) is 19.7 Å². The number of ether oxygens (including phenoxy) is 1. The Hall–Kier alpha value is -5.16. The van der Waals surface area contributed by atoms with Crippen molar-refractivity contribution < 1.29 is 22.7 Å². The molecule has 6 heterocycles. The molecule has 3 aromatic heterocycles. The molecule has 0 spiro atoms. The third-order valence-electron chi connectivity index (χ3n) is 11.4. The number of likely N-dealkylation sites (N-methyl/N-ethyl adjacent to an activating group) is 1. The summed E-state index contributed by atoms with van der Waals surface area (Å²) in [5.41, 5.74) is 6.07. The van der Waals surface area contributed by atoms with E-state index in [1.807, 2.05) is 30.9 Å². The Kier molecular flexibility index (Phi) is 9.27. The van der Waals surface area contributed by atoms with Crippen LogP contribution in [0, 0.1) is 41.2 Å². The number of hydrogen-bond donors (Lipinski definition) is 1. The lowest BCUT2D eigenvalue weighted by Crippen LogP contribution is -2.47. The van der Waals surface area contributed by atoms with Gasteiger partial charge < -0.3 is 20.3 Å². The van der Waals surface area contributed by atoms with Crippen molar-refractivity contribution in [3.05, 3.63) is 58.1 Å². The monoisotopic (exact) mass is 788 g/mol. The number of anilines is 2. The van der Waals surface area contributed by atoms with Gasteiger partial charge >= 0.3 is 12.0 Å². The van der Waals surface area contributed by atoms with Gasteiger partial charge in [0, 0.05) is 48.6 Å². The second-order valence-electron chi connectivity index (χ2n) is 14.4. The van der Waals surface area contributed by atoms with E-state index >= 15 is 8.78 Å². The molecule has 3 fully saturated rings. The van der Waals surface area contributed by atoms with E-state index in [4.69, 9.17) is 27.1 Å². The summed E-state index contributed by atoms with van der Waals surface area (Å²) in [4.78, 5) is 33.1. The Balaban J connectivity index is 1.25. The predicted octanol–water partition coefficient (Wildman–Crippen LogP) is 7.19. The normalized spacial score (nSPS) is 22.3. The van der Waals surface area contributed by atoms with Crippen molar-refractivity contribution in [1.29, 1.82) is 10.5 Å². The average molecular weight is 789 g/mol. The van der Waals surface area contributed by atoms with E-state index in [1.165, 1.54) is 22.9 Å². The largest absolute Gasteiger partial charge is 0.461 e. The lowest BCUT2D eigenvalue weighted by atomic mass is 9.95. The number of nitrogens with zero attached hydrogens (tertiary/aromatic N) is 9. The van der Waals surface area contributed by atoms with Gasteiger partial charge in [0.2, 0.25) is 5.82 Å². The number of nitrogens with two attached hydrogens (primary N) is 1. The van der Waals surface area contributed by atoms with Crippen LogP contribution in [0.15, 0.2) is 24.4 Å². The van der Waals surface area contributed by atoms with Crippen LogP contribution in [0.25, 0.3) is 32.1 Å². The Morgan fingerprint density at radius 2 is 2.02 bits per heavy atom. The van der Waals surface area contributed by atoms with Crippen molar-refractivity contribution in [2.24, 2.45) is 0 Å². The van der Waals surface area contributed by atoms with Crippen LogP contribution in [-0.4, -0.2) is 91.9 Å². The molecule has 12 nitrogen and oxygen atoms in total. The lowest BCUT2D eigenvalue weighted by Gasteiger charge is -2.35. The van der Waals surface area contributed by atoms with Gasteiger partial charge in [-0.2, -0.15) is 20.5 Å². The molecular formula is C38H36ClF3N10O2S. The minimum atomic E-state index is -0.989. The molecule has 2 N–H and O–H groups in total. The van der Waals surface area contributed by atoms with Crippen LogP contribution in [0.3, 0.4) is 0 Å². The first-order chi connectivity index (χ1) is 26.4. The number of fused-ring (bicyclic) bond motifs is 3. The number of nitriles is 2. The summed E-state index contributed by atoms with van der Waals surface area (Å²) in [7, 11) is 0. The van der Waals surface area contributed by atoms with Gasteiger partial charge in [-0.05, 0) is 64.3 Å². The Bertz CT molecular complexity index is 2480. The maximum atomic E-state index is 17.3. The molecule has 0 aliphatic carbocycles. The smallest absolute Gasteiger partial charge is 0.330 e. The number of likely N-dealkylation sites (tertiary alicyclic amines) is 1. The van der Waals surface area contributed by atoms with Gasteiger partial charge in [0.15, 0.2) is 5.82 Å². The van der Waals surface area contributed by atoms with Gasteiger partial charge in [-0.1, -0.05) is 17.7 Å². The van der Waals surface area contributed by atoms with Crippen LogP contribution >= 0.6 is 22.9 Å². The zero-order valence-corrected chi connectivity index (χ0v) is 31.8. The number of aryl methyl sites for hydroxylation is 1. The molecule has 8 rings (SSSR count). The Morgan fingerprint density at radius 1 is 1.22 bits per heavy atom. The molecule has 0 saturated carbocycles. The van der Waals surface area contributed by atoms with Crippen LogP contribution < -0.4 is 15.4 Å². The van der Waals surface area contributed by atoms with Crippen molar-refractivity contribution in [1.82, 2.24) is 29.3 Å². The Morgan fingerprint density at radius 3 is 2.76 bits per heavy atom. The van der Waals surface area contributed by atoms with Crippen LogP contribution in [-0.2, 0) is 0 Å². The first kappa shape index (κ1) is 36.8. The number of carbonyl (C=O) groups is 1. The molecule has 284 valence electrons. The number of carbonyl (C=O) groups excluding carboxylic acids is 1. The molecule has 0 unspecified atom stereocenters. The molecule has 55 heavy (non-hydrogen) atoms. The van der Waals surface area contributed by atoms with Gasteiger partial charge in [0.05, 0.1) is 38.6 Å². The van der Waals surface area contributed by atoms with Gasteiger partial charge in [0.25, 0.3) is 0 Å². The number of nitrogen functional groups attached to an aromatic ring is 1. The molecule has 2 aromatic carbocycles. The van der Waals surface area contributed by atoms with Gasteiger partial charge in [0.1, 0.15) is 47.1 Å². The van der Waals surface area contributed by atoms with E-state index in [0.717, 1.165) is 30.7 Å². The zero-order valence-electron chi connectivity index (χ0n) is 30.2. The summed E-state index contributed by atoms with van der Waals surface area (Å²) in [5, 5.41) is 20.0. The summed E-state index contributed by atoms with van der Waals surface area (Å²) in [6.07, 6.45) is 3.00. The number of benzene rings is 2. The highest BCUT2D eigenvalue weighted by Crippen LogP contribution is 2.46. The number of hydrogen-bond acceptors (Lipinski definition) is 11. The van der Waals surface area contributed by atoms with Gasteiger partial charge in [-0.25, -0.2) is 27.5 Å². The highest BCUT2D eigenvalue weighted by Gasteiger charge is 2.49. The third kappa shape index (κ3) is 5.89. The summed E-state index contributed by atoms with van der Waals surface area (Å²) in [6, 6.07) is 6.88. The van der Waals surface area contributed by atoms with Crippen molar-refractivity contribution in [3.8, 4) is 29.3 Å². The molecule has 4 atom stereocenters. The zero-order chi connectivity index (χ0) is 38.9. The fraction of sp³-hybridized carbons (Fsp3) is 0.421. The fourth-order valence-corrected chi connectivity index (χ4v) is 10.1. The summed E-state index contributed by atoms with van der Waals surface area (Å²) < 4.78 is 54.7. The van der Waals surface area contributed by atoms with Gasteiger partial charge in [-0.15, -0.1) is 11.3 Å². The average Bonchev–Trinajstić information content (AvgIpc) is 3.97. The number of rotatable bonds is 7. The van der Waals surface area contributed by atoms with Gasteiger partial charge in [-0.3, -0.25) is 4.90 Å². The summed E-state index contributed by atoms with van der Waals surface area (Å²) in [6.45, 7) is 7.44. The molecule has 3 aliphatic rings. The predicted molar refractivity (Wildman–Crippen MR) is 203 cm³/mol. The van der Waals surface area contributed by atoms with Crippen LogP contribution in [0.2, 0.25) is 5.02 Å². The van der Waals surface area contributed by atoms with E-state index in [-0.39, 0.29) is 78.2 Å². The Labute approximate surface area is 323 Å². The second kappa shape index (κ2) is 13.8. The minimum absolute atomic E-state index is 0.0119. The number of amides is 1. The van der Waals surface area contributed by atoms with Crippen molar-refractivity contribution in [2.75, 3.05) is 43.4 Å². The standard InChI is InChI=1S/C38H36ClF3N10O2S/c1-4-50(27-8-11-51(20(27)3)37(53)52-16-19(2)46-28(52)15-44)35-23-12-25(39)30(22-6-7-26(41)33-29(22)24(14-43)34(45)55-33)31(42)32(23)47-36(48-35)54-18-38-9-5-10-49(38)17-21(40)13-38/h6-7,12,16,20-21,27H,4-5,8-11,13,17-18,45H2,1-3H3/t20-,21-,27-,38+/m1/s1. The molecular weight excluding hydrogens is 753 g/mol. The first-order valence-electron chi connectivity index (χ1n) is 18.1. The van der Waals surface area contributed by atoms with E-state index in [2.05, 4.69) is 14.9 Å². The van der Waals surface area contributed by atoms with Crippen LogP contribution in [0.1, 0.15) is 56.6 Å². The second-order valence-corrected chi connectivity index (χ2v) is 15.9. The summed E-state index contributed by atoms with van der Waals surface area (Å²) in [5.74, 6) is -1.15. The number of imidazole rings is 1. The maximum Gasteiger partial charge on any atom is 0.330 e. The molecule has 1 amide bonds. The lowest BCUT2D eigenvalue weighted by molar-refractivity contribution is 0.107. The molecule has 3 aliphatic heterocycles. The fourth-order valence-electron chi connectivity index (χ4n) is 8.86. The van der Waals surface area contributed by atoms with E-state index in [0.29, 0.717) is 44.0 Å². The SMILES string of the molecule is CCN(c1nc(OC[C@@]23CCCN2C[C@H](F)C3)nc2c(F)c(-c3ccc(F)c4sc(N)c(C#N)c34)c(Cl)cc12)[C@@H]1CCN(C(=O)n2cc(C)nc2C#N)[C@@H]1C. The highest BCUT2D eigenvalue weighted by molar-refractivity contribution is 7.23. The maximum absolute atomic E-state index is 17.3. The highest BCUT2D eigenvalue weighted by atomic mass is 35.5. The van der Waals surface area contributed by atoms with Crippen molar-refractivity contribution in [3.63, 3.8) is 0 Å². The number of alkyl halides is 1. The third-order valence-corrected chi connectivity index (χ3v) is 12.7. The quantitative estimate of drug-likeness (QED) is 0.179. The van der Waals surface area contributed by atoms with Crippen molar-refractivity contribution >= 4 is 60.8 Å². The summed E-state index contributed by atoms with van der Waals surface area (Å²) >= 11 is 7.83. The first-order valence-corrected chi connectivity index (χ1v) is 19.2. The number of thiophene rings is 1. The van der Waals surface area contributed by atoms with Crippen LogP contribution in [0.5, 0.6) is 6.01 Å². The molecule has 5 aromatic rings. The molecule has 0 bridgehead atoms. The van der Waals surface area contributed by atoms with Crippen LogP contribution in [0.4, 0.5) is 28.8 Å².